The van der Waals surface area contributed by atoms with E-state index in [9.17, 15) is 9.59 Å². The first-order valence-electron chi connectivity index (χ1n) is 17.3. The summed E-state index contributed by atoms with van der Waals surface area (Å²) in [7, 11) is 3.18. The zero-order chi connectivity index (χ0) is 38.2. The van der Waals surface area contributed by atoms with Gasteiger partial charge >= 0.3 is 6.03 Å². The van der Waals surface area contributed by atoms with E-state index in [0.29, 0.717) is 23.1 Å². The smallest absolute Gasteiger partial charge is 0.324 e. The Bertz CT molecular complexity index is 2250. The van der Waals surface area contributed by atoms with Crippen LogP contribution in [0.3, 0.4) is 0 Å². The number of pyridine rings is 1. The summed E-state index contributed by atoms with van der Waals surface area (Å²) in [5.41, 5.74) is 3.96. The minimum Gasteiger partial charge on any atom is -0.496 e. The first-order valence-corrected chi connectivity index (χ1v) is 17.3. The molecule has 4 N–H and O–H groups in total. The third-order valence-electron chi connectivity index (χ3n) is 8.45. The molecule has 0 bridgehead atoms. The molecule has 0 aliphatic rings. The number of aromatic nitrogens is 5. The molecule has 3 amide bonds. The molecule has 0 aliphatic heterocycles. The average molecular weight is 730 g/mol. The van der Waals surface area contributed by atoms with Crippen molar-refractivity contribution in [2.75, 3.05) is 36.8 Å². The van der Waals surface area contributed by atoms with Gasteiger partial charge in [-0.05, 0) is 60.5 Å². The number of ether oxygens (including phenoxy) is 3. The summed E-state index contributed by atoms with van der Waals surface area (Å²) in [5, 5.41) is 18.5. The Morgan fingerprint density at radius 1 is 0.870 bits per heavy atom. The molecule has 0 radical (unpaired) electrons. The summed E-state index contributed by atoms with van der Waals surface area (Å²) < 4.78 is 18.8. The fourth-order valence-corrected chi connectivity index (χ4v) is 5.72. The Morgan fingerprint density at radius 2 is 1.67 bits per heavy atom. The Morgan fingerprint density at radius 3 is 2.39 bits per heavy atom. The SMILES string of the molecule is COCC(NC(=O)c1cnccn1)Nc1cc(COc2ccc(NC(=O)Nc3cc(C(C)(C)C)nn3-c3ccc(OC)c(C)c3)c3ccccc23)ccn1. The minimum absolute atomic E-state index is 0.183. The van der Waals surface area contributed by atoms with E-state index in [1.165, 1.54) is 18.6 Å². The van der Waals surface area contributed by atoms with Crippen LogP contribution in [0, 0.1) is 6.92 Å². The fourth-order valence-electron chi connectivity index (χ4n) is 5.72. The lowest BCUT2D eigenvalue weighted by atomic mass is 9.92. The van der Waals surface area contributed by atoms with Gasteiger partial charge in [0.15, 0.2) is 0 Å². The number of rotatable bonds is 13. The number of nitrogens with zero attached hydrogens (tertiary/aromatic N) is 5. The van der Waals surface area contributed by atoms with Gasteiger partial charge < -0.3 is 30.2 Å². The summed E-state index contributed by atoms with van der Waals surface area (Å²) in [6.45, 7) is 8.61. The van der Waals surface area contributed by atoms with E-state index in [0.717, 1.165) is 39.0 Å². The molecule has 6 aromatic rings. The summed E-state index contributed by atoms with van der Waals surface area (Å²) in [5.74, 6) is 2.05. The lowest BCUT2D eigenvalue weighted by molar-refractivity contribution is 0.0903. The van der Waals surface area contributed by atoms with Gasteiger partial charge in [-0.2, -0.15) is 5.10 Å². The molecule has 14 nitrogen and oxygen atoms in total. The first-order chi connectivity index (χ1) is 26.0. The Balaban J connectivity index is 1.15. The standard InChI is InChI=1S/C40H43N9O5/c1-25-19-27(11-13-32(25)53-6)49-37(21-34(48-49)40(2,3)4)47-39(51)44-30-12-14-33(29-10-8-7-9-28(29)30)54-23-26-15-16-43-35(20-26)45-36(24-52-5)46-38(50)31-22-41-17-18-42-31/h7-22,36H,23-24H2,1-6H3,(H,43,45)(H,46,50)(H2,44,47,51). The number of fused-ring (bicyclic) bond motifs is 1. The number of carbonyl (C=O) groups excluding carboxylic acids is 2. The van der Waals surface area contributed by atoms with E-state index >= 15 is 0 Å². The monoisotopic (exact) mass is 729 g/mol. The number of nitrogens with one attached hydrogen (secondary N) is 4. The number of amides is 3. The van der Waals surface area contributed by atoms with E-state index in [4.69, 9.17) is 19.3 Å². The van der Waals surface area contributed by atoms with Gasteiger partial charge in [0.1, 0.15) is 41.6 Å². The number of benzene rings is 3. The van der Waals surface area contributed by atoms with E-state index in [1.54, 1.807) is 25.1 Å². The van der Waals surface area contributed by atoms with Gasteiger partial charge in [0, 0.05) is 48.0 Å². The topological polar surface area (TPSA) is 166 Å². The molecule has 1 unspecified atom stereocenters. The van der Waals surface area contributed by atoms with Gasteiger partial charge in [-0.3, -0.25) is 15.1 Å². The van der Waals surface area contributed by atoms with Crippen LogP contribution in [0.2, 0.25) is 0 Å². The van der Waals surface area contributed by atoms with Gasteiger partial charge in [-0.1, -0.05) is 45.0 Å². The number of anilines is 3. The minimum atomic E-state index is -0.581. The summed E-state index contributed by atoms with van der Waals surface area (Å²) >= 11 is 0. The largest absolute Gasteiger partial charge is 0.496 e. The van der Waals surface area contributed by atoms with Crippen LogP contribution in [-0.2, 0) is 16.8 Å². The van der Waals surface area contributed by atoms with Gasteiger partial charge in [0.05, 0.1) is 37.0 Å². The third kappa shape index (κ3) is 8.90. The van der Waals surface area contributed by atoms with Crippen LogP contribution in [0.25, 0.3) is 16.5 Å². The normalized spacial score (nSPS) is 11.8. The Kier molecular flexibility index (Phi) is 11.3. The highest BCUT2D eigenvalue weighted by Gasteiger charge is 2.22. The Labute approximate surface area is 313 Å². The molecule has 278 valence electrons. The number of methoxy groups -OCH3 is 2. The highest BCUT2D eigenvalue weighted by atomic mass is 16.5. The molecule has 6 rings (SSSR count). The summed E-state index contributed by atoms with van der Waals surface area (Å²) in [6, 6.07) is 22.3. The maximum absolute atomic E-state index is 13.5. The second kappa shape index (κ2) is 16.4. The molecular formula is C40H43N9O5. The number of urea groups is 1. The molecule has 54 heavy (non-hydrogen) atoms. The molecule has 3 aromatic heterocycles. The highest BCUT2D eigenvalue weighted by Crippen LogP contribution is 2.33. The van der Waals surface area contributed by atoms with Crippen LogP contribution in [0.5, 0.6) is 11.5 Å². The van der Waals surface area contributed by atoms with E-state index in [1.807, 2.05) is 79.7 Å². The van der Waals surface area contributed by atoms with Crippen molar-refractivity contribution in [3.05, 3.63) is 120 Å². The second-order valence-electron chi connectivity index (χ2n) is 13.5. The zero-order valence-electron chi connectivity index (χ0n) is 31.0. The van der Waals surface area contributed by atoms with Crippen molar-refractivity contribution >= 4 is 40.0 Å². The van der Waals surface area contributed by atoms with Crippen molar-refractivity contribution in [3.8, 4) is 17.2 Å². The van der Waals surface area contributed by atoms with Gasteiger partial charge in [0.25, 0.3) is 5.91 Å². The highest BCUT2D eigenvalue weighted by molar-refractivity contribution is 6.07. The quantitative estimate of drug-likeness (QED) is 0.0923. The predicted molar refractivity (Wildman–Crippen MR) is 207 cm³/mol. The lowest BCUT2D eigenvalue weighted by Crippen LogP contribution is -2.44. The van der Waals surface area contributed by atoms with E-state index in [2.05, 4.69) is 57.0 Å². The van der Waals surface area contributed by atoms with Crippen LogP contribution >= 0.6 is 0 Å². The summed E-state index contributed by atoms with van der Waals surface area (Å²) in [4.78, 5) is 38.6. The van der Waals surface area contributed by atoms with Crippen LogP contribution in [0.15, 0.2) is 97.6 Å². The molecule has 0 aliphatic carbocycles. The number of carbonyl (C=O) groups is 2. The van der Waals surface area contributed by atoms with Crippen molar-refractivity contribution in [2.45, 2.75) is 45.9 Å². The van der Waals surface area contributed by atoms with Crippen molar-refractivity contribution in [3.63, 3.8) is 0 Å². The van der Waals surface area contributed by atoms with Crippen LogP contribution < -0.4 is 30.7 Å². The molecule has 3 aromatic carbocycles. The molecular weight excluding hydrogens is 686 g/mol. The summed E-state index contributed by atoms with van der Waals surface area (Å²) in [6.07, 6.45) is 5.42. The lowest BCUT2D eigenvalue weighted by Gasteiger charge is -2.20. The fraction of sp³-hybridized carbons (Fsp3) is 0.250. The number of hydrogen-bond acceptors (Lipinski definition) is 10. The second-order valence-corrected chi connectivity index (χ2v) is 13.5. The molecule has 0 spiro atoms. The van der Waals surface area contributed by atoms with Gasteiger partial charge in [0.2, 0.25) is 0 Å². The maximum Gasteiger partial charge on any atom is 0.324 e. The first kappa shape index (κ1) is 37.2. The van der Waals surface area contributed by atoms with E-state index < -0.39 is 18.1 Å². The van der Waals surface area contributed by atoms with Crippen molar-refractivity contribution < 1.29 is 23.8 Å². The molecule has 3 heterocycles. The van der Waals surface area contributed by atoms with E-state index in [-0.39, 0.29) is 24.3 Å². The molecule has 14 heteroatoms. The Hall–Kier alpha value is -6.54. The van der Waals surface area contributed by atoms with Gasteiger partial charge in [-0.25, -0.2) is 19.4 Å². The molecule has 0 saturated heterocycles. The molecule has 1 atom stereocenters. The number of aryl methyl sites for hydroxylation is 1. The number of hydrogen-bond donors (Lipinski definition) is 4. The molecule has 0 saturated carbocycles. The van der Waals surface area contributed by atoms with Gasteiger partial charge in [-0.15, -0.1) is 0 Å². The van der Waals surface area contributed by atoms with Crippen molar-refractivity contribution in [2.24, 2.45) is 0 Å². The van der Waals surface area contributed by atoms with Crippen LogP contribution in [0.4, 0.5) is 22.1 Å². The average Bonchev–Trinajstić information content (AvgIpc) is 3.59. The van der Waals surface area contributed by atoms with Crippen LogP contribution in [-0.4, -0.2) is 63.7 Å². The molecule has 0 fully saturated rings. The van der Waals surface area contributed by atoms with Crippen molar-refractivity contribution in [1.29, 1.82) is 0 Å². The third-order valence-corrected chi connectivity index (χ3v) is 8.45. The predicted octanol–water partition coefficient (Wildman–Crippen LogP) is 6.86. The maximum atomic E-state index is 13.5. The van der Waals surface area contributed by atoms with Crippen LogP contribution in [0.1, 0.15) is 48.1 Å². The zero-order valence-corrected chi connectivity index (χ0v) is 31.0. The van der Waals surface area contributed by atoms with Crippen molar-refractivity contribution in [1.82, 2.24) is 30.0 Å².